The van der Waals surface area contributed by atoms with E-state index >= 15 is 0 Å². The van der Waals surface area contributed by atoms with Crippen LogP contribution in [0.25, 0.3) is 0 Å². The molecular formula is C18H19F3N4O. The maximum Gasteiger partial charge on any atom is 0.416 e. The van der Waals surface area contributed by atoms with Gasteiger partial charge in [0.25, 0.3) is 5.91 Å². The average Bonchev–Trinajstić information content (AvgIpc) is 2.56. The number of anilines is 2. The third-order valence-corrected chi connectivity index (χ3v) is 3.82. The summed E-state index contributed by atoms with van der Waals surface area (Å²) in [4.78, 5) is 12.4. The normalized spacial score (nSPS) is 11.6. The predicted octanol–water partition coefficient (Wildman–Crippen LogP) is 3.68. The Morgan fingerprint density at radius 1 is 1.12 bits per heavy atom. The zero-order chi connectivity index (χ0) is 19.5. The van der Waals surface area contributed by atoms with E-state index < -0.39 is 17.6 Å². The molecule has 2 rings (SSSR count). The largest absolute Gasteiger partial charge is 0.416 e. The molecule has 0 fully saturated rings. The Kier molecular flexibility index (Phi) is 5.56. The van der Waals surface area contributed by atoms with Crippen LogP contribution in [0.15, 0.2) is 48.8 Å². The van der Waals surface area contributed by atoms with E-state index in [0.29, 0.717) is 5.56 Å². The molecule has 0 spiro atoms. The van der Waals surface area contributed by atoms with Crippen LogP contribution >= 0.6 is 0 Å². The summed E-state index contributed by atoms with van der Waals surface area (Å²) in [5, 5.41) is 3.41. The van der Waals surface area contributed by atoms with E-state index in [0.717, 1.165) is 34.5 Å². The molecule has 26 heavy (non-hydrogen) atoms. The number of nitrogens with two attached hydrogens (primary N) is 2. The lowest BCUT2D eigenvalue weighted by atomic mass is 10.1. The Bertz CT molecular complexity index is 847. The number of benzene rings is 2. The topological polar surface area (TPSA) is 84.4 Å². The summed E-state index contributed by atoms with van der Waals surface area (Å²) in [5.74, 6) is 5.13. The minimum Gasteiger partial charge on any atom is -0.403 e. The van der Waals surface area contributed by atoms with Crippen LogP contribution < -0.4 is 21.9 Å². The highest BCUT2D eigenvalue weighted by molar-refractivity contribution is 6.04. The molecule has 0 saturated carbocycles. The average molecular weight is 364 g/mol. The second-order valence-electron chi connectivity index (χ2n) is 5.77. The van der Waals surface area contributed by atoms with E-state index in [-0.39, 0.29) is 11.4 Å². The van der Waals surface area contributed by atoms with Gasteiger partial charge in [0.1, 0.15) is 0 Å². The standard InChI is InChI=1S/C18H19F3N4O/c1-11-3-4-13(7-12(11)2)17(26)24-15-8-14(18(19,20)21)9-16(10-15)25(23)6-5-22/h3-10H,22-23H2,1-2H3,(H,24,26)/b6-5-. The molecule has 0 bridgehead atoms. The number of alkyl halides is 3. The number of nitrogens with zero attached hydrogens (tertiary/aromatic N) is 1. The molecule has 0 aromatic heterocycles. The van der Waals surface area contributed by atoms with Gasteiger partial charge in [0.15, 0.2) is 0 Å². The fourth-order valence-corrected chi connectivity index (χ4v) is 2.26. The summed E-state index contributed by atoms with van der Waals surface area (Å²) in [7, 11) is 0. The second-order valence-corrected chi connectivity index (χ2v) is 5.77. The van der Waals surface area contributed by atoms with Crippen LogP contribution in [-0.4, -0.2) is 5.91 Å². The van der Waals surface area contributed by atoms with Crippen LogP contribution in [0.1, 0.15) is 27.0 Å². The number of carbonyl (C=O) groups excluding carboxylic acids is 1. The Labute approximate surface area is 149 Å². The first kappa shape index (κ1) is 19.3. The summed E-state index contributed by atoms with van der Waals surface area (Å²) in [6, 6.07) is 8.10. The van der Waals surface area contributed by atoms with Gasteiger partial charge in [-0.05, 0) is 55.3 Å². The minimum absolute atomic E-state index is 0.0249. The van der Waals surface area contributed by atoms with Gasteiger partial charge in [0, 0.05) is 23.7 Å². The van der Waals surface area contributed by atoms with Crippen LogP contribution in [0.3, 0.4) is 0 Å². The first-order valence-electron chi connectivity index (χ1n) is 7.65. The van der Waals surface area contributed by atoms with Crippen molar-refractivity contribution in [2.75, 3.05) is 10.3 Å². The maximum absolute atomic E-state index is 13.1. The molecule has 2 aromatic rings. The van der Waals surface area contributed by atoms with E-state index in [1.54, 1.807) is 18.2 Å². The van der Waals surface area contributed by atoms with Crippen LogP contribution in [0.5, 0.6) is 0 Å². The number of hydrogen-bond donors (Lipinski definition) is 3. The summed E-state index contributed by atoms with van der Waals surface area (Å²) >= 11 is 0. The Morgan fingerprint density at radius 3 is 2.38 bits per heavy atom. The molecule has 0 aliphatic heterocycles. The summed E-state index contributed by atoms with van der Waals surface area (Å²) in [6.07, 6.45) is -2.30. The molecule has 138 valence electrons. The van der Waals surface area contributed by atoms with Crippen molar-refractivity contribution in [3.05, 3.63) is 71.1 Å². The zero-order valence-electron chi connectivity index (χ0n) is 14.3. The Morgan fingerprint density at radius 2 is 1.81 bits per heavy atom. The smallest absolute Gasteiger partial charge is 0.403 e. The van der Waals surface area contributed by atoms with Gasteiger partial charge in [-0.15, -0.1) is 0 Å². The van der Waals surface area contributed by atoms with Gasteiger partial charge in [-0.1, -0.05) is 6.07 Å². The molecule has 0 aliphatic carbocycles. The fraction of sp³-hybridized carbons (Fsp3) is 0.167. The van der Waals surface area contributed by atoms with Gasteiger partial charge in [-0.25, -0.2) is 5.84 Å². The quantitative estimate of drug-likeness (QED) is 0.571. The molecular weight excluding hydrogens is 345 g/mol. The van der Waals surface area contributed by atoms with E-state index in [9.17, 15) is 18.0 Å². The molecule has 1 amide bonds. The Hall–Kier alpha value is -3.00. The number of carbonyl (C=O) groups is 1. The number of amides is 1. The van der Waals surface area contributed by atoms with Crippen molar-refractivity contribution in [2.24, 2.45) is 11.6 Å². The van der Waals surface area contributed by atoms with Crippen LogP contribution in [0, 0.1) is 13.8 Å². The molecule has 0 unspecified atom stereocenters. The lowest BCUT2D eigenvalue weighted by Crippen LogP contribution is -2.25. The van der Waals surface area contributed by atoms with Crippen LogP contribution in [-0.2, 0) is 6.18 Å². The highest BCUT2D eigenvalue weighted by Gasteiger charge is 2.31. The van der Waals surface area contributed by atoms with E-state index in [2.05, 4.69) is 5.32 Å². The first-order chi connectivity index (χ1) is 12.1. The van der Waals surface area contributed by atoms with E-state index in [1.807, 2.05) is 13.8 Å². The number of rotatable bonds is 4. The van der Waals surface area contributed by atoms with E-state index in [4.69, 9.17) is 11.6 Å². The monoisotopic (exact) mass is 364 g/mol. The number of hydrogen-bond acceptors (Lipinski definition) is 4. The van der Waals surface area contributed by atoms with Crippen molar-refractivity contribution in [1.82, 2.24) is 0 Å². The fourth-order valence-electron chi connectivity index (χ4n) is 2.26. The lowest BCUT2D eigenvalue weighted by Gasteiger charge is -2.18. The highest BCUT2D eigenvalue weighted by atomic mass is 19.4. The Balaban J connectivity index is 2.39. The SMILES string of the molecule is Cc1ccc(C(=O)Nc2cc(N(N)/C=C\N)cc(C(F)(F)F)c2)cc1C. The molecule has 0 saturated heterocycles. The number of aryl methyl sites for hydroxylation is 2. The highest BCUT2D eigenvalue weighted by Crippen LogP contribution is 2.34. The van der Waals surface area contributed by atoms with Gasteiger partial charge in [-0.3, -0.25) is 9.80 Å². The van der Waals surface area contributed by atoms with Crippen molar-refractivity contribution in [2.45, 2.75) is 20.0 Å². The molecule has 5 N–H and O–H groups in total. The molecule has 2 aromatic carbocycles. The molecule has 0 atom stereocenters. The first-order valence-corrected chi connectivity index (χ1v) is 7.65. The molecule has 0 radical (unpaired) electrons. The van der Waals surface area contributed by atoms with Crippen molar-refractivity contribution < 1.29 is 18.0 Å². The van der Waals surface area contributed by atoms with Crippen molar-refractivity contribution in [3.63, 3.8) is 0 Å². The lowest BCUT2D eigenvalue weighted by molar-refractivity contribution is -0.137. The van der Waals surface area contributed by atoms with Crippen molar-refractivity contribution >= 4 is 17.3 Å². The number of hydrazine groups is 1. The number of halogens is 3. The molecule has 0 aliphatic rings. The third-order valence-electron chi connectivity index (χ3n) is 3.82. The maximum atomic E-state index is 13.1. The van der Waals surface area contributed by atoms with E-state index in [1.165, 1.54) is 12.3 Å². The second kappa shape index (κ2) is 7.49. The molecule has 5 nitrogen and oxygen atoms in total. The van der Waals surface area contributed by atoms with Gasteiger partial charge < -0.3 is 11.1 Å². The van der Waals surface area contributed by atoms with Crippen molar-refractivity contribution in [1.29, 1.82) is 0 Å². The molecule has 0 heterocycles. The van der Waals surface area contributed by atoms with Crippen LogP contribution in [0.4, 0.5) is 24.5 Å². The summed E-state index contributed by atoms with van der Waals surface area (Å²) in [5.41, 5.74) is 6.54. The number of nitrogens with one attached hydrogen (secondary N) is 1. The minimum atomic E-state index is -4.59. The third kappa shape index (κ3) is 4.54. The van der Waals surface area contributed by atoms with Gasteiger partial charge in [0.2, 0.25) is 0 Å². The summed E-state index contributed by atoms with van der Waals surface area (Å²) in [6.45, 7) is 3.75. The van der Waals surface area contributed by atoms with Crippen molar-refractivity contribution in [3.8, 4) is 0 Å². The molecule has 8 heteroatoms. The zero-order valence-corrected chi connectivity index (χ0v) is 14.3. The summed E-state index contributed by atoms with van der Waals surface area (Å²) < 4.78 is 39.4. The predicted molar refractivity (Wildman–Crippen MR) is 95.3 cm³/mol. The van der Waals surface area contributed by atoms with Gasteiger partial charge >= 0.3 is 6.18 Å². The van der Waals surface area contributed by atoms with Crippen LogP contribution in [0.2, 0.25) is 0 Å². The van der Waals surface area contributed by atoms with Gasteiger partial charge in [-0.2, -0.15) is 13.2 Å². The van der Waals surface area contributed by atoms with Gasteiger partial charge in [0.05, 0.1) is 11.3 Å².